The molecule has 20 heavy (non-hydrogen) atoms. The van der Waals surface area contributed by atoms with Crippen molar-refractivity contribution in [2.45, 2.75) is 19.1 Å². The number of nitriles is 1. The first-order chi connectivity index (χ1) is 9.31. The molecule has 0 saturated carbocycles. The van der Waals surface area contributed by atoms with E-state index < -0.39 is 18.1 Å². The Kier molecular flexibility index (Phi) is 4.92. The Morgan fingerprint density at radius 2 is 2.20 bits per heavy atom. The molecule has 0 aliphatic heterocycles. The summed E-state index contributed by atoms with van der Waals surface area (Å²) in [5.74, 6) is -2.05. The van der Waals surface area contributed by atoms with Crippen LogP contribution in [0.5, 0.6) is 0 Å². The first kappa shape index (κ1) is 15.8. The highest BCUT2D eigenvalue weighted by Crippen LogP contribution is 2.27. The average molecular weight is 282 g/mol. The van der Waals surface area contributed by atoms with E-state index in [9.17, 15) is 18.0 Å². The molecule has 6 heteroatoms. The van der Waals surface area contributed by atoms with Crippen molar-refractivity contribution in [1.29, 1.82) is 5.26 Å². The maximum Gasteiger partial charge on any atom is 0.471 e. The molecule has 1 amide bonds. The summed E-state index contributed by atoms with van der Waals surface area (Å²) in [4.78, 5) is 11.9. The Morgan fingerprint density at radius 3 is 2.65 bits per heavy atom. The van der Waals surface area contributed by atoms with Crippen molar-refractivity contribution in [3.05, 3.63) is 48.0 Å². The van der Waals surface area contributed by atoms with Crippen LogP contribution >= 0.6 is 0 Å². The topological polar surface area (TPSA) is 44.1 Å². The summed E-state index contributed by atoms with van der Waals surface area (Å²) in [6, 6.07) is 6.90. The number of hydrogen-bond acceptors (Lipinski definition) is 2. The zero-order valence-electron chi connectivity index (χ0n) is 10.8. The standard InChI is InChI=1S/C14H13F3N2O/c1-3-7-19(13(20)14(15,16)17)12(9-18)11-6-4-5-10(2)8-11/h3-6,8,12H,1,7H2,2H3/t12-/m0/s1. The van der Waals surface area contributed by atoms with Gasteiger partial charge in [0.25, 0.3) is 0 Å². The van der Waals surface area contributed by atoms with Crippen molar-refractivity contribution >= 4 is 5.91 Å². The van der Waals surface area contributed by atoms with Gasteiger partial charge in [-0.2, -0.15) is 18.4 Å². The molecule has 0 radical (unpaired) electrons. The van der Waals surface area contributed by atoms with Gasteiger partial charge in [0.05, 0.1) is 6.07 Å². The van der Waals surface area contributed by atoms with Gasteiger partial charge < -0.3 is 4.90 Å². The minimum Gasteiger partial charge on any atom is -0.311 e. The third-order valence-electron chi connectivity index (χ3n) is 2.62. The lowest BCUT2D eigenvalue weighted by molar-refractivity contribution is -0.186. The molecule has 0 fully saturated rings. The van der Waals surface area contributed by atoms with Gasteiger partial charge in [-0.3, -0.25) is 4.79 Å². The molecule has 0 N–H and O–H groups in total. The molecule has 0 saturated heterocycles. The number of alkyl halides is 3. The number of rotatable bonds is 4. The highest BCUT2D eigenvalue weighted by atomic mass is 19.4. The molecule has 0 aliphatic carbocycles. The molecule has 1 rings (SSSR count). The Bertz CT molecular complexity index is 546. The van der Waals surface area contributed by atoms with E-state index in [0.29, 0.717) is 10.5 Å². The third kappa shape index (κ3) is 3.60. The second kappa shape index (κ2) is 6.24. The first-order valence-corrected chi connectivity index (χ1v) is 5.76. The van der Waals surface area contributed by atoms with Crippen LogP contribution in [0.1, 0.15) is 17.2 Å². The normalized spacial score (nSPS) is 12.3. The van der Waals surface area contributed by atoms with E-state index in [1.807, 2.05) is 0 Å². The van der Waals surface area contributed by atoms with E-state index in [1.165, 1.54) is 6.07 Å². The van der Waals surface area contributed by atoms with Crippen molar-refractivity contribution in [3.8, 4) is 6.07 Å². The molecule has 0 heterocycles. The van der Waals surface area contributed by atoms with Crippen LogP contribution in [-0.4, -0.2) is 23.5 Å². The smallest absolute Gasteiger partial charge is 0.311 e. The summed E-state index contributed by atoms with van der Waals surface area (Å²) < 4.78 is 37.7. The van der Waals surface area contributed by atoms with Crippen molar-refractivity contribution < 1.29 is 18.0 Å². The first-order valence-electron chi connectivity index (χ1n) is 5.76. The minimum absolute atomic E-state index is 0.340. The lowest BCUT2D eigenvalue weighted by Gasteiger charge is -2.27. The summed E-state index contributed by atoms with van der Waals surface area (Å²) in [6.45, 7) is 4.72. The summed E-state index contributed by atoms with van der Waals surface area (Å²) in [6.07, 6.45) is -3.87. The number of nitrogens with zero attached hydrogens (tertiary/aromatic N) is 2. The van der Waals surface area contributed by atoms with Gasteiger partial charge in [0.2, 0.25) is 0 Å². The van der Waals surface area contributed by atoms with Gasteiger partial charge in [0.1, 0.15) is 6.04 Å². The summed E-state index contributed by atoms with van der Waals surface area (Å²) >= 11 is 0. The summed E-state index contributed by atoms with van der Waals surface area (Å²) in [5, 5.41) is 9.14. The average Bonchev–Trinajstić information content (AvgIpc) is 2.37. The molecular formula is C14H13F3N2O. The molecule has 0 unspecified atom stereocenters. The number of carbonyl (C=O) groups excluding carboxylic acids is 1. The van der Waals surface area contributed by atoms with Crippen LogP contribution in [0.3, 0.4) is 0 Å². The molecule has 0 aromatic heterocycles. The molecule has 0 aliphatic rings. The Morgan fingerprint density at radius 1 is 1.55 bits per heavy atom. The number of amides is 1. The van der Waals surface area contributed by atoms with Gasteiger partial charge in [-0.05, 0) is 12.5 Å². The van der Waals surface area contributed by atoms with Crippen LogP contribution in [0.4, 0.5) is 13.2 Å². The predicted molar refractivity (Wildman–Crippen MR) is 67.5 cm³/mol. The molecule has 3 nitrogen and oxygen atoms in total. The van der Waals surface area contributed by atoms with Crippen LogP contribution < -0.4 is 0 Å². The maximum absolute atomic E-state index is 12.6. The molecule has 0 spiro atoms. The van der Waals surface area contributed by atoms with E-state index in [0.717, 1.165) is 11.6 Å². The van der Waals surface area contributed by atoms with Gasteiger partial charge in [0, 0.05) is 6.54 Å². The van der Waals surface area contributed by atoms with Gasteiger partial charge in [0.15, 0.2) is 0 Å². The molecular weight excluding hydrogens is 269 g/mol. The van der Waals surface area contributed by atoms with Crippen molar-refractivity contribution in [2.24, 2.45) is 0 Å². The van der Waals surface area contributed by atoms with Crippen molar-refractivity contribution in [2.75, 3.05) is 6.54 Å². The molecule has 106 valence electrons. The fourth-order valence-corrected chi connectivity index (χ4v) is 1.77. The lowest BCUT2D eigenvalue weighted by atomic mass is 10.0. The van der Waals surface area contributed by atoms with Gasteiger partial charge >= 0.3 is 12.1 Å². The van der Waals surface area contributed by atoms with Crippen LogP contribution in [0, 0.1) is 18.3 Å². The van der Waals surface area contributed by atoms with Crippen LogP contribution in [0.2, 0.25) is 0 Å². The van der Waals surface area contributed by atoms with Crippen LogP contribution in [-0.2, 0) is 4.79 Å². The Labute approximate surface area is 114 Å². The lowest BCUT2D eigenvalue weighted by Crippen LogP contribution is -2.43. The van der Waals surface area contributed by atoms with E-state index in [2.05, 4.69) is 6.58 Å². The zero-order valence-corrected chi connectivity index (χ0v) is 10.8. The SMILES string of the molecule is C=CCN(C(=O)C(F)(F)F)[C@@H](C#N)c1cccc(C)c1. The Balaban J connectivity index is 3.20. The van der Waals surface area contributed by atoms with Crippen molar-refractivity contribution in [1.82, 2.24) is 4.90 Å². The molecule has 1 aromatic carbocycles. The largest absolute Gasteiger partial charge is 0.471 e. The summed E-state index contributed by atoms with van der Waals surface area (Å²) in [5.41, 5.74) is 1.13. The van der Waals surface area contributed by atoms with Gasteiger partial charge in [-0.1, -0.05) is 35.9 Å². The van der Waals surface area contributed by atoms with Crippen LogP contribution in [0.15, 0.2) is 36.9 Å². The molecule has 1 aromatic rings. The van der Waals surface area contributed by atoms with Gasteiger partial charge in [-0.15, -0.1) is 6.58 Å². The fourth-order valence-electron chi connectivity index (χ4n) is 1.77. The number of carbonyl (C=O) groups is 1. The summed E-state index contributed by atoms with van der Waals surface area (Å²) in [7, 11) is 0. The monoisotopic (exact) mass is 282 g/mol. The number of hydrogen-bond donors (Lipinski definition) is 0. The number of benzene rings is 1. The Hall–Kier alpha value is -2.29. The minimum atomic E-state index is -5.03. The van der Waals surface area contributed by atoms with E-state index in [-0.39, 0.29) is 6.54 Å². The highest BCUT2D eigenvalue weighted by Gasteiger charge is 2.44. The van der Waals surface area contributed by atoms with E-state index >= 15 is 0 Å². The van der Waals surface area contributed by atoms with E-state index in [4.69, 9.17) is 5.26 Å². The molecule has 0 bridgehead atoms. The van der Waals surface area contributed by atoms with Gasteiger partial charge in [-0.25, -0.2) is 0 Å². The molecule has 1 atom stereocenters. The maximum atomic E-state index is 12.6. The quantitative estimate of drug-likeness (QED) is 0.796. The van der Waals surface area contributed by atoms with Crippen molar-refractivity contribution in [3.63, 3.8) is 0 Å². The number of aryl methyl sites for hydroxylation is 1. The second-order valence-electron chi connectivity index (χ2n) is 4.19. The predicted octanol–water partition coefficient (Wildman–Crippen LogP) is 3.14. The number of halogens is 3. The van der Waals surface area contributed by atoms with E-state index in [1.54, 1.807) is 31.2 Å². The highest BCUT2D eigenvalue weighted by molar-refractivity contribution is 5.82. The second-order valence-corrected chi connectivity index (χ2v) is 4.19. The third-order valence-corrected chi connectivity index (χ3v) is 2.62. The van der Waals surface area contributed by atoms with Crippen LogP contribution in [0.25, 0.3) is 0 Å². The zero-order chi connectivity index (χ0) is 15.3. The fraction of sp³-hybridized carbons (Fsp3) is 0.286.